The number of allylic oxidation sites excluding steroid dienone is 3. The molecule has 2 spiro atoms. The van der Waals surface area contributed by atoms with Crippen LogP contribution in [0.3, 0.4) is 0 Å². The predicted molar refractivity (Wildman–Crippen MR) is 125 cm³/mol. The van der Waals surface area contributed by atoms with Crippen LogP contribution in [0.5, 0.6) is 0 Å². The summed E-state index contributed by atoms with van der Waals surface area (Å²) in [6.07, 6.45) is 7.09. The van der Waals surface area contributed by atoms with Crippen molar-refractivity contribution in [1.29, 1.82) is 0 Å². The monoisotopic (exact) mass is 500 g/mol. The lowest BCUT2D eigenvalue weighted by molar-refractivity contribution is -0.232. The number of hydrogen-bond donors (Lipinski definition) is 1. The Balaban J connectivity index is 1.57. The maximum atomic E-state index is 12.8. The van der Waals surface area contributed by atoms with Crippen molar-refractivity contribution in [3.8, 4) is 0 Å². The highest BCUT2D eigenvalue weighted by Gasteiger charge is 2.85. The highest BCUT2D eigenvalue weighted by Crippen LogP contribution is 2.72. The van der Waals surface area contributed by atoms with E-state index in [0.717, 1.165) is 12.0 Å². The van der Waals surface area contributed by atoms with Gasteiger partial charge in [0.15, 0.2) is 0 Å². The normalized spacial score (nSPS) is 46.1. The third kappa shape index (κ3) is 3.76. The summed E-state index contributed by atoms with van der Waals surface area (Å²) < 4.78 is 29.3. The van der Waals surface area contributed by atoms with Crippen molar-refractivity contribution >= 4 is 17.9 Å². The quantitative estimate of drug-likeness (QED) is 0.231. The first-order valence-electron chi connectivity index (χ1n) is 12.3. The van der Waals surface area contributed by atoms with Crippen LogP contribution in [0.25, 0.3) is 0 Å². The summed E-state index contributed by atoms with van der Waals surface area (Å²) in [5.41, 5.74) is -0.668. The molecule has 9 nitrogen and oxygen atoms in total. The van der Waals surface area contributed by atoms with E-state index in [1.54, 1.807) is 6.92 Å². The smallest absolute Gasteiger partial charge is 0.331 e. The van der Waals surface area contributed by atoms with Crippen LogP contribution in [0.15, 0.2) is 47.6 Å². The average molecular weight is 501 g/mol. The maximum absolute atomic E-state index is 12.8. The van der Waals surface area contributed by atoms with E-state index in [1.165, 1.54) is 30.4 Å². The fourth-order valence-corrected chi connectivity index (χ4v) is 6.50. The number of carbonyl (C=O) groups is 3. The summed E-state index contributed by atoms with van der Waals surface area (Å²) in [5.74, 6) is -1.77. The molecule has 0 aromatic heterocycles. The van der Waals surface area contributed by atoms with E-state index in [0.29, 0.717) is 25.0 Å². The van der Waals surface area contributed by atoms with E-state index < -0.39 is 58.8 Å². The lowest BCUT2D eigenvalue weighted by atomic mass is 9.51. The summed E-state index contributed by atoms with van der Waals surface area (Å²) in [6.45, 7) is 6.21. The first-order chi connectivity index (χ1) is 17.1. The fraction of sp³-hybridized carbons (Fsp3) is 0.593. The van der Waals surface area contributed by atoms with Crippen LogP contribution >= 0.6 is 0 Å². The van der Waals surface area contributed by atoms with E-state index in [2.05, 4.69) is 0 Å². The highest BCUT2D eigenvalue weighted by atomic mass is 16.7. The van der Waals surface area contributed by atoms with Crippen LogP contribution in [-0.4, -0.2) is 72.9 Å². The zero-order chi connectivity index (χ0) is 25.7. The molecule has 194 valence electrons. The van der Waals surface area contributed by atoms with Crippen molar-refractivity contribution in [2.75, 3.05) is 19.8 Å². The summed E-state index contributed by atoms with van der Waals surface area (Å²) >= 11 is 0. The van der Waals surface area contributed by atoms with E-state index in [-0.39, 0.29) is 13.2 Å². The maximum Gasteiger partial charge on any atom is 0.331 e. The molecule has 2 aliphatic carbocycles. The molecular formula is C27H32O9. The van der Waals surface area contributed by atoms with Crippen molar-refractivity contribution < 1.29 is 43.2 Å². The molecule has 0 unspecified atom stereocenters. The molecule has 3 aliphatic heterocycles. The van der Waals surface area contributed by atoms with Gasteiger partial charge in [-0.2, -0.15) is 0 Å². The minimum atomic E-state index is -1.13. The van der Waals surface area contributed by atoms with Gasteiger partial charge in [0.25, 0.3) is 0 Å². The minimum absolute atomic E-state index is 0.00667. The molecule has 0 radical (unpaired) electrons. The van der Waals surface area contributed by atoms with Crippen LogP contribution in [-0.2, 0) is 38.1 Å². The predicted octanol–water partition coefficient (Wildman–Crippen LogP) is 2.09. The number of rotatable bonds is 0. The Morgan fingerprint density at radius 3 is 2.36 bits per heavy atom. The number of carbonyl (C=O) groups excluding carboxylic acids is 3. The van der Waals surface area contributed by atoms with Crippen LogP contribution in [0.1, 0.15) is 40.0 Å². The molecule has 0 aromatic carbocycles. The molecule has 5 aliphatic rings. The third-order valence-corrected chi connectivity index (χ3v) is 8.65. The Kier molecular flexibility index (Phi) is 6.21. The van der Waals surface area contributed by atoms with Gasteiger partial charge < -0.3 is 28.8 Å². The second-order valence-electron chi connectivity index (χ2n) is 10.6. The van der Waals surface area contributed by atoms with Crippen LogP contribution in [0.4, 0.5) is 0 Å². The third-order valence-electron chi connectivity index (χ3n) is 8.65. The zero-order valence-corrected chi connectivity index (χ0v) is 20.7. The van der Waals surface area contributed by atoms with Crippen LogP contribution in [0, 0.1) is 10.8 Å². The molecule has 0 aromatic rings. The van der Waals surface area contributed by atoms with Gasteiger partial charge in [0, 0.05) is 30.1 Å². The number of ether oxygens (including phenoxy) is 5. The van der Waals surface area contributed by atoms with E-state index in [4.69, 9.17) is 23.7 Å². The van der Waals surface area contributed by atoms with Gasteiger partial charge >= 0.3 is 17.9 Å². The van der Waals surface area contributed by atoms with E-state index in [9.17, 15) is 19.5 Å². The molecule has 36 heavy (non-hydrogen) atoms. The van der Waals surface area contributed by atoms with Crippen molar-refractivity contribution in [2.45, 2.75) is 70.1 Å². The van der Waals surface area contributed by atoms with Gasteiger partial charge in [-0.3, -0.25) is 0 Å². The number of hydrogen-bond acceptors (Lipinski definition) is 9. The van der Waals surface area contributed by atoms with Crippen molar-refractivity contribution in [3.63, 3.8) is 0 Å². The molecule has 2 saturated heterocycles. The molecule has 2 bridgehead atoms. The topological polar surface area (TPSA) is 121 Å². The first kappa shape index (κ1) is 24.9. The Bertz CT molecular complexity index is 1080. The second kappa shape index (κ2) is 8.97. The van der Waals surface area contributed by atoms with Gasteiger partial charge in [-0.05, 0) is 26.7 Å². The Hall–Kier alpha value is -2.75. The summed E-state index contributed by atoms with van der Waals surface area (Å²) in [7, 11) is 0. The van der Waals surface area contributed by atoms with E-state index >= 15 is 0 Å². The fourth-order valence-electron chi connectivity index (χ4n) is 6.50. The Morgan fingerprint density at radius 1 is 0.917 bits per heavy atom. The summed E-state index contributed by atoms with van der Waals surface area (Å²) in [4.78, 5) is 37.4. The molecule has 1 N–H and O–H groups in total. The standard InChI is InChI=1S/C27H32O9/c1-16-8-10-26-14-33-21(30)13-17(2)9-11-32-19(28)6-4-5-7-20(29)36-23-22(31)24(35-18(26)12-16)27(15-34-27)25(23,26)3/h4-7,12-13,18,22-24,31H,8-11,14-15H2,1-3H3/b6-4+,7-5-,17-13+/t18-,22-,23-,24-,25-,26-,27+/m1/s1. The number of aliphatic hydroxyl groups excluding tert-OH is 1. The van der Waals surface area contributed by atoms with Crippen molar-refractivity contribution in [1.82, 2.24) is 0 Å². The van der Waals surface area contributed by atoms with Gasteiger partial charge in [0.2, 0.25) is 0 Å². The van der Waals surface area contributed by atoms with Gasteiger partial charge in [-0.25, -0.2) is 14.4 Å². The molecule has 7 atom stereocenters. The van der Waals surface area contributed by atoms with Gasteiger partial charge in [0.05, 0.1) is 24.7 Å². The molecular weight excluding hydrogens is 468 g/mol. The van der Waals surface area contributed by atoms with Crippen molar-refractivity contribution in [2.24, 2.45) is 10.8 Å². The van der Waals surface area contributed by atoms with Gasteiger partial charge in [-0.15, -0.1) is 0 Å². The molecule has 0 amide bonds. The van der Waals surface area contributed by atoms with Crippen LogP contribution < -0.4 is 0 Å². The Labute approximate surface area is 209 Å². The number of esters is 3. The molecule has 3 heterocycles. The molecule has 1 saturated carbocycles. The molecule has 9 heteroatoms. The number of epoxide rings is 1. The van der Waals surface area contributed by atoms with Crippen molar-refractivity contribution in [3.05, 3.63) is 47.6 Å². The SMILES string of the molecule is CC1=C[C@H]2O[C@@H]3[C@H](O)[C@H]4OC(=O)/C=C\C=C\C(=O)OCC/C(C)=C/C(=O)OC[C@@]2(CC1)[C@]4(C)[C@]31CO1. The first-order valence-corrected chi connectivity index (χ1v) is 12.3. The highest BCUT2D eigenvalue weighted by molar-refractivity contribution is 5.85. The molecule has 3 fully saturated rings. The summed E-state index contributed by atoms with van der Waals surface area (Å²) in [5, 5.41) is 11.3. The lowest BCUT2D eigenvalue weighted by Gasteiger charge is -2.58. The lowest BCUT2D eigenvalue weighted by Crippen LogP contribution is -2.66. The van der Waals surface area contributed by atoms with E-state index in [1.807, 2.05) is 19.9 Å². The van der Waals surface area contributed by atoms with Crippen LogP contribution in [0.2, 0.25) is 0 Å². The molecule has 5 rings (SSSR count). The minimum Gasteiger partial charge on any atom is -0.462 e. The van der Waals surface area contributed by atoms with Gasteiger partial charge in [0.1, 0.15) is 30.5 Å². The second-order valence-corrected chi connectivity index (χ2v) is 10.6. The number of cyclic esters (lactones) is 2. The number of aliphatic hydroxyl groups is 1. The largest absolute Gasteiger partial charge is 0.462 e. The average Bonchev–Trinajstić information content (AvgIpc) is 3.61. The van der Waals surface area contributed by atoms with Gasteiger partial charge in [-0.1, -0.05) is 36.3 Å². The zero-order valence-electron chi connectivity index (χ0n) is 20.7. The summed E-state index contributed by atoms with van der Waals surface area (Å²) in [6, 6.07) is 0. The Morgan fingerprint density at radius 2 is 1.64 bits per heavy atom.